The molecule has 0 saturated carbocycles. The SMILES string of the molecule is CCCCCCCC(=O)NCC(=O)N[C@@H](C)CCCC(C)(C)O. The van der Waals surface area contributed by atoms with Gasteiger partial charge in [0.15, 0.2) is 0 Å². The molecule has 0 rings (SSSR count). The lowest BCUT2D eigenvalue weighted by molar-refractivity contribution is -0.126. The first-order valence-electron chi connectivity index (χ1n) is 9.03. The molecule has 136 valence electrons. The third-order valence-corrected chi connectivity index (χ3v) is 3.79. The number of hydrogen-bond acceptors (Lipinski definition) is 3. The number of carbonyl (C=O) groups is 2. The molecule has 0 fully saturated rings. The van der Waals surface area contributed by atoms with Crippen molar-refractivity contribution in [1.29, 1.82) is 0 Å². The Morgan fingerprint density at radius 3 is 2.30 bits per heavy atom. The molecule has 3 N–H and O–H groups in total. The largest absolute Gasteiger partial charge is 0.390 e. The molecular formula is C18H36N2O3. The lowest BCUT2D eigenvalue weighted by Gasteiger charge is -2.19. The average Bonchev–Trinajstić information content (AvgIpc) is 2.43. The van der Waals surface area contributed by atoms with Crippen molar-refractivity contribution >= 4 is 11.8 Å². The van der Waals surface area contributed by atoms with Gasteiger partial charge in [-0.05, 0) is 46.5 Å². The minimum atomic E-state index is -0.658. The molecule has 0 spiro atoms. The Morgan fingerprint density at radius 2 is 1.70 bits per heavy atom. The highest BCUT2D eigenvalue weighted by Crippen LogP contribution is 2.13. The van der Waals surface area contributed by atoms with E-state index in [4.69, 9.17) is 0 Å². The van der Waals surface area contributed by atoms with E-state index in [1.54, 1.807) is 13.8 Å². The van der Waals surface area contributed by atoms with Crippen LogP contribution < -0.4 is 10.6 Å². The van der Waals surface area contributed by atoms with E-state index >= 15 is 0 Å². The topological polar surface area (TPSA) is 78.4 Å². The molecule has 23 heavy (non-hydrogen) atoms. The number of nitrogens with one attached hydrogen (secondary N) is 2. The fourth-order valence-electron chi connectivity index (χ4n) is 2.40. The lowest BCUT2D eigenvalue weighted by atomic mass is 10.00. The van der Waals surface area contributed by atoms with Crippen LogP contribution in [-0.2, 0) is 9.59 Å². The van der Waals surface area contributed by atoms with E-state index in [1.165, 1.54) is 19.3 Å². The fraction of sp³-hybridized carbons (Fsp3) is 0.889. The molecule has 0 aromatic carbocycles. The van der Waals surface area contributed by atoms with Crippen molar-refractivity contribution in [3.8, 4) is 0 Å². The summed E-state index contributed by atoms with van der Waals surface area (Å²) in [6, 6.07) is 0.0517. The van der Waals surface area contributed by atoms with Crippen LogP contribution in [0.4, 0.5) is 0 Å². The highest BCUT2D eigenvalue weighted by molar-refractivity contribution is 5.84. The van der Waals surface area contributed by atoms with Crippen molar-refractivity contribution in [3.05, 3.63) is 0 Å². The number of hydrogen-bond donors (Lipinski definition) is 3. The summed E-state index contributed by atoms with van der Waals surface area (Å²) >= 11 is 0. The van der Waals surface area contributed by atoms with Crippen molar-refractivity contribution in [2.45, 2.75) is 97.1 Å². The van der Waals surface area contributed by atoms with Gasteiger partial charge in [0, 0.05) is 12.5 Å². The Morgan fingerprint density at radius 1 is 1.04 bits per heavy atom. The fourth-order valence-corrected chi connectivity index (χ4v) is 2.40. The summed E-state index contributed by atoms with van der Waals surface area (Å²) in [4.78, 5) is 23.4. The monoisotopic (exact) mass is 328 g/mol. The Balaban J connectivity index is 3.66. The number of unbranched alkanes of at least 4 members (excludes halogenated alkanes) is 4. The van der Waals surface area contributed by atoms with Crippen molar-refractivity contribution in [1.82, 2.24) is 10.6 Å². The van der Waals surface area contributed by atoms with E-state index in [-0.39, 0.29) is 24.4 Å². The third-order valence-electron chi connectivity index (χ3n) is 3.79. The molecule has 0 aliphatic heterocycles. The molecule has 2 amide bonds. The van der Waals surface area contributed by atoms with Crippen LogP contribution in [0, 0.1) is 0 Å². The van der Waals surface area contributed by atoms with Gasteiger partial charge >= 0.3 is 0 Å². The summed E-state index contributed by atoms with van der Waals surface area (Å²) in [5.41, 5.74) is -0.658. The second kappa shape index (κ2) is 12.3. The third kappa shape index (κ3) is 15.6. The smallest absolute Gasteiger partial charge is 0.239 e. The van der Waals surface area contributed by atoms with E-state index < -0.39 is 5.60 Å². The van der Waals surface area contributed by atoms with Crippen LogP contribution in [0.2, 0.25) is 0 Å². The summed E-state index contributed by atoms with van der Waals surface area (Å²) in [6.45, 7) is 7.72. The number of amides is 2. The maximum Gasteiger partial charge on any atom is 0.239 e. The average molecular weight is 328 g/mol. The Bertz CT molecular complexity index is 338. The second-order valence-corrected chi connectivity index (χ2v) is 7.11. The molecule has 5 heteroatoms. The van der Waals surface area contributed by atoms with E-state index in [1.807, 2.05) is 6.92 Å². The number of aliphatic hydroxyl groups is 1. The molecule has 0 aliphatic carbocycles. The van der Waals surface area contributed by atoms with Crippen LogP contribution in [0.5, 0.6) is 0 Å². The quantitative estimate of drug-likeness (QED) is 0.455. The maximum atomic E-state index is 11.8. The molecule has 0 heterocycles. The zero-order valence-corrected chi connectivity index (χ0v) is 15.4. The standard InChI is InChI=1S/C18H36N2O3/c1-5-6-7-8-9-12-16(21)19-14-17(22)20-15(2)11-10-13-18(3,4)23/h15,23H,5-14H2,1-4H3,(H,19,21)(H,20,22)/t15-/m0/s1. The van der Waals surface area contributed by atoms with Crippen molar-refractivity contribution in [2.75, 3.05) is 6.54 Å². The molecule has 5 nitrogen and oxygen atoms in total. The van der Waals surface area contributed by atoms with Crippen LogP contribution in [0.25, 0.3) is 0 Å². The van der Waals surface area contributed by atoms with Crippen LogP contribution in [0.1, 0.15) is 85.5 Å². The lowest BCUT2D eigenvalue weighted by Crippen LogP contribution is -2.40. The van der Waals surface area contributed by atoms with Gasteiger partial charge in [0.2, 0.25) is 11.8 Å². The van der Waals surface area contributed by atoms with Crippen LogP contribution >= 0.6 is 0 Å². The summed E-state index contributed by atoms with van der Waals surface area (Å²) in [5, 5.41) is 15.2. The molecule has 0 aromatic rings. The van der Waals surface area contributed by atoms with Gasteiger partial charge in [-0.3, -0.25) is 9.59 Å². The molecule has 1 atom stereocenters. The molecule has 0 aromatic heterocycles. The molecule has 0 unspecified atom stereocenters. The van der Waals surface area contributed by atoms with Gasteiger partial charge in [-0.15, -0.1) is 0 Å². The van der Waals surface area contributed by atoms with E-state index in [0.29, 0.717) is 12.8 Å². The highest BCUT2D eigenvalue weighted by Gasteiger charge is 2.14. The first-order valence-corrected chi connectivity index (χ1v) is 9.03. The Hall–Kier alpha value is -1.10. The molecule has 0 saturated heterocycles. The molecule has 0 radical (unpaired) electrons. The highest BCUT2D eigenvalue weighted by atomic mass is 16.3. The molecular weight excluding hydrogens is 292 g/mol. The van der Waals surface area contributed by atoms with Gasteiger partial charge in [-0.2, -0.15) is 0 Å². The van der Waals surface area contributed by atoms with Crippen LogP contribution in [0.3, 0.4) is 0 Å². The van der Waals surface area contributed by atoms with Crippen molar-refractivity contribution in [3.63, 3.8) is 0 Å². The van der Waals surface area contributed by atoms with Gasteiger partial charge in [0.25, 0.3) is 0 Å². The molecule has 0 bridgehead atoms. The number of rotatable bonds is 13. The Kier molecular flexibility index (Phi) is 11.7. The van der Waals surface area contributed by atoms with Gasteiger partial charge in [0.05, 0.1) is 12.1 Å². The molecule has 0 aliphatic rings. The van der Waals surface area contributed by atoms with Gasteiger partial charge < -0.3 is 15.7 Å². The van der Waals surface area contributed by atoms with E-state index in [9.17, 15) is 14.7 Å². The van der Waals surface area contributed by atoms with E-state index in [0.717, 1.165) is 25.7 Å². The van der Waals surface area contributed by atoms with Crippen LogP contribution in [0.15, 0.2) is 0 Å². The summed E-state index contributed by atoms with van der Waals surface area (Å²) < 4.78 is 0. The summed E-state index contributed by atoms with van der Waals surface area (Å²) in [5.74, 6) is -0.202. The zero-order chi connectivity index (χ0) is 17.7. The Labute approximate surface area is 141 Å². The first-order chi connectivity index (χ1) is 10.7. The summed E-state index contributed by atoms with van der Waals surface area (Å²) in [6.07, 6.45) is 8.44. The summed E-state index contributed by atoms with van der Waals surface area (Å²) in [7, 11) is 0. The van der Waals surface area contributed by atoms with E-state index in [2.05, 4.69) is 17.6 Å². The van der Waals surface area contributed by atoms with Gasteiger partial charge in [-0.1, -0.05) is 32.6 Å². The van der Waals surface area contributed by atoms with Gasteiger partial charge in [0.1, 0.15) is 0 Å². The predicted molar refractivity (Wildman–Crippen MR) is 94.1 cm³/mol. The normalized spacial score (nSPS) is 12.7. The predicted octanol–water partition coefficient (Wildman–Crippen LogP) is 2.91. The van der Waals surface area contributed by atoms with Gasteiger partial charge in [-0.25, -0.2) is 0 Å². The maximum absolute atomic E-state index is 11.8. The van der Waals surface area contributed by atoms with Crippen molar-refractivity contribution in [2.24, 2.45) is 0 Å². The minimum Gasteiger partial charge on any atom is -0.390 e. The minimum absolute atomic E-state index is 0.0453. The second-order valence-electron chi connectivity index (χ2n) is 7.11. The number of carbonyl (C=O) groups excluding carboxylic acids is 2. The van der Waals surface area contributed by atoms with Crippen LogP contribution in [-0.4, -0.2) is 35.1 Å². The zero-order valence-electron chi connectivity index (χ0n) is 15.4. The first kappa shape index (κ1) is 21.9. The van der Waals surface area contributed by atoms with Crippen molar-refractivity contribution < 1.29 is 14.7 Å².